The molecule has 0 nitrogen and oxygen atoms in total. The summed E-state index contributed by atoms with van der Waals surface area (Å²) in [6.07, 6.45) is 17.1. The summed E-state index contributed by atoms with van der Waals surface area (Å²) in [6.45, 7) is 7.76. The fourth-order valence-corrected chi connectivity index (χ4v) is 1.69. The second kappa shape index (κ2) is 3.67. The quantitative estimate of drug-likeness (QED) is 0.581. The van der Waals surface area contributed by atoms with Gasteiger partial charge in [-0.3, -0.25) is 0 Å². The van der Waals surface area contributed by atoms with E-state index in [2.05, 4.69) is 61.8 Å². The van der Waals surface area contributed by atoms with Crippen LogP contribution in [0.1, 0.15) is 0 Å². The standard InChI is InChI=1S/C14H14/c1-11-3-7-13(8-4-11)14-9-5-12(2)6-10-14/h3-10,13-14H,1-2H2. The van der Waals surface area contributed by atoms with Crippen LogP contribution in [0.25, 0.3) is 0 Å². The van der Waals surface area contributed by atoms with Crippen LogP contribution in [0.4, 0.5) is 0 Å². The van der Waals surface area contributed by atoms with Crippen molar-refractivity contribution in [2.24, 2.45) is 11.8 Å². The molecule has 0 aliphatic heterocycles. The number of allylic oxidation sites excluding steroid dienone is 10. The predicted molar refractivity (Wildman–Crippen MR) is 61.8 cm³/mol. The maximum absolute atomic E-state index is 3.88. The minimum absolute atomic E-state index is 0.473. The normalized spacial score (nSPS) is 22.3. The molecule has 14 heavy (non-hydrogen) atoms. The molecule has 0 amide bonds. The van der Waals surface area contributed by atoms with Crippen molar-refractivity contribution in [1.29, 1.82) is 0 Å². The van der Waals surface area contributed by atoms with E-state index in [0.29, 0.717) is 11.8 Å². The van der Waals surface area contributed by atoms with Gasteiger partial charge in [-0.15, -0.1) is 0 Å². The van der Waals surface area contributed by atoms with Crippen LogP contribution in [0, 0.1) is 11.8 Å². The summed E-state index contributed by atoms with van der Waals surface area (Å²) >= 11 is 0. The Balaban J connectivity index is 2.11. The molecule has 0 saturated carbocycles. The Morgan fingerprint density at radius 3 is 1.21 bits per heavy atom. The number of hydrogen-bond acceptors (Lipinski definition) is 0. The van der Waals surface area contributed by atoms with Gasteiger partial charge in [0.2, 0.25) is 0 Å². The first-order valence-corrected chi connectivity index (χ1v) is 4.86. The highest BCUT2D eigenvalue weighted by Gasteiger charge is 2.14. The van der Waals surface area contributed by atoms with Crippen LogP contribution in [0.5, 0.6) is 0 Å². The molecule has 0 atom stereocenters. The van der Waals surface area contributed by atoms with Crippen molar-refractivity contribution in [2.45, 2.75) is 0 Å². The number of rotatable bonds is 1. The summed E-state index contributed by atoms with van der Waals surface area (Å²) in [6, 6.07) is 0. The van der Waals surface area contributed by atoms with Gasteiger partial charge in [0.25, 0.3) is 0 Å². The molecular formula is C14H14. The second-order valence-corrected chi connectivity index (χ2v) is 3.74. The van der Waals surface area contributed by atoms with Crippen molar-refractivity contribution in [2.75, 3.05) is 0 Å². The molecule has 0 aromatic carbocycles. The highest BCUT2D eigenvalue weighted by Crippen LogP contribution is 2.26. The van der Waals surface area contributed by atoms with Crippen LogP contribution in [0.3, 0.4) is 0 Å². The van der Waals surface area contributed by atoms with Crippen LogP contribution in [0.15, 0.2) is 72.9 Å². The summed E-state index contributed by atoms with van der Waals surface area (Å²) in [5.74, 6) is 0.946. The van der Waals surface area contributed by atoms with E-state index in [-0.39, 0.29) is 0 Å². The van der Waals surface area contributed by atoms with Gasteiger partial charge >= 0.3 is 0 Å². The zero-order valence-corrected chi connectivity index (χ0v) is 8.19. The van der Waals surface area contributed by atoms with E-state index in [4.69, 9.17) is 0 Å². The zero-order valence-electron chi connectivity index (χ0n) is 8.19. The first kappa shape index (κ1) is 9.01. The lowest BCUT2D eigenvalue weighted by molar-refractivity contribution is 0.667. The van der Waals surface area contributed by atoms with Crippen molar-refractivity contribution in [1.82, 2.24) is 0 Å². The van der Waals surface area contributed by atoms with Crippen molar-refractivity contribution in [3.05, 3.63) is 72.9 Å². The van der Waals surface area contributed by atoms with Crippen LogP contribution < -0.4 is 0 Å². The molecule has 0 heterocycles. The molecule has 0 N–H and O–H groups in total. The molecule has 0 fully saturated rings. The Bertz CT molecular complexity index is 305. The molecule has 0 bridgehead atoms. The van der Waals surface area contributed by atoms with E-state index < -0.39 is 0 Å². The largest absolute Gasteiger partial charge is 0.0918 e. The molecular weight excluding hydrogens is 168 g/mol. The summed E-state index contributed by atoms with van der Waals surface area (Å²) in [5, 5.41) is 0. The van der Waals surface area contributed by atoms with Crippen LogP contribution >= 0.6 is 0 Å². The van der Waals surface area contributed by atoms with E-state index in [1.165, 1.54) is 0 Å². The van der Waals surface area contributed by atoms with E-state index in [1.807, 2.05) is 0 Å². The minimum Gasteiger partial charge on any atom is -0.0918 e. The van der Waals surface area contributed by atoms with Crippen LogP contribution in [-0.2, 0) is 0 Å². The molecule has 0 radical (unpaired) electrons. The van der Waals surface area contributed by atoms with E-state index in [0.717, 1.165) is 11.1 Å². The smallest absolute Gasteiger partial charge is 0.00510 e. The van der Waals surface area contributed by atoms with Gasteiger partial charge in [-0.1, -0.05) is 61.8 Å². The average Bonchev–Trinajstić information content (AvgIpc) is 2.21. The van der Waals surface area contributed by atoms with Gasteiger partial charge in [-0.05, 0) is 11.1 Å². The first-order chi connectivity index (χ1) is 6.75. The van der Waals surface area contributed by atoms with Crippen molar-refractivity contribution < 1.29 is 0 Å². The molecule has 2 rings (SSSR count). The van der Waals surface area contributed by atoms with Gasteiger partial charge in [0, 0.05) is 11.8 Å². The third-order valence-corrected chi connectivity index (χ3v) is 2.57. The fourth-order valence-electron chi connectivity index (χ4n) is 1.69. The average molecular weight is 182 g/mol. The highest BCUT2D eigenvalue weighted by molar-refractivity contribution is 5.38. The fraction of sp³-hybridized carbons (Fsp3) is 0.143. The van der Waals surface area contributed by atoms with Gasteiger partial charge in [-0.2, -0.15) is 0 Å². The highest BCUT2D eigenvalue weighted by atomic mass is 14.2. The molecule has 0 spiro atoms. The summed E-state index contributed by atoms with van der Waals surface area (Å²) in [7, 11) is 0. The van der Waals surface area contributed by atoms with Crippen molar-refractivity contribution >= 4 is 0 Å². The van der Waals surface area contributed by atoms with Gasteiger partial charge in [0.15, 0.2) is 0 Å². The molecule has 2 aliphatic rings. The van der Waals surface area contributed by atoms with Crippen LogP contribution in [-0.4, -0.2) is 0 Å². The van der Waals surface area contributed by atoms with Gasteiger partial charge in [0.1, 0.15) is 0 Å². The summed E-state index contributed by atoms with van der Waals surface area (Å²) in [4.78, 5) is 0. The monoisotopic (exact) mass is 182 g/mol. The maximum Gasteiger partial charge on any atom is 0.00510 e. The van der Waals surface area contributed by atoms with Crippen LogP contribution in [0.2, 0.25) is 0 Å². The Labute approximate surface area is 85.3 Å². The Hall–Kier alpha value is -1.56. The second-order valence-electron chi connectivity index (χ2n) is 3.74. The van der Waals surface area contributed by atoms with Gasteiger partial charge < -0.3 is 0 Å². The Kier molecular flexibility index (Phi) is 2.36. The molecule has 70 valence electrons. The number of hydrogen-bond donors (Lipinski definition) is 0. The zero-order chi connectivity index (χ0) is 9.97. The summed E-state index contributed by atoms with van der Waals surface area (Å²) < 4.78 is 0. The molecule has 2 aliphatic carbocycles. The van der Waals surface area contributed by atoms with E-state index >= 15 is 0 Å². The molecule has 0 saturated heterocycles. The summed E-state index contributed by atoms with van der Waals surface area (Å²) in [5.41, 5.74) is 2.16. The van der Waals surface area contributed by atoms with Crippen molar-refractivity contribution in [3.8, 4) is 0 Å². The first-order valence-electron chi connectivity index (χ1n) is 4.86. The Morgan fingerprint density at radius 2 is 0.929 bits per heavy atom. The minimum atomic E-state index is 0.473. The topological polar surface area (TPSA) is 0 Å². The van der Waals surface area contributed by atoms with Gasteiger partial charge in [-0.25, -0.2) is 0 Å². The maximum atomic E-state index is 3.88. The lowest BCUT2D eigenvalue weighted by atomic mass is 9.85. The van der Waals surface area contributed by atoms with E-state index in [1.54, 1.807) is 0 Å². The molecule has 0 aromatic heterocycles. The molecule has 0 aromatic rings. The molecule has 0 heteroatoms. The van der Waals surface area contributed by atoms with Crippen molar-refractivity contribution in [3.63, 3.8) is 0 Å². The van der Waals surface area contributed by atoms with E-state index in [9.17, 15) is 0 Å². The predicted octanol–water partition coefficient (Wildman–Crippen LogP) is 3.58. The third-order valence-electron chi connectivity index (χ3n) is 2.57. The van der Waals surface area contributed by atoms with Gasteiger partial charge in [0.05, 0.1) is 0 Å². The Morgan fingerprint density at radius 1 is 0.643 bits per heavy atom. The SMILES string of the molecule is C=C1C=CC(C2C=CC(=C)C=C2)C=C1. The lowest BCUT2D eigenvalue weighted by Crippen LogP contribution is -2.08. The lowest BCUT2D eigenvalue weighted by Gasteiger charge is -2.19. The third kappa shape index (κ3) is 1.85. The molecule has 0 unspecified atom stereocenters.